The molecule has 2 rings (SSSR count). The summed E-state index contributed by atoms with van der Waals surface area (Å²) in [5.74, 6) is 1.90. The van der Waals surface area contributed by atoms with Gasteiger partial charge in [0.1, 0.15) is 5.75 Å². The molecule has 0 bridgehead atoms. The van der Waals surface area contributed by atoms with E-state index in [0.717, 1.165) is 18.1 Å². The maximum Gasteiger partial charge on any atom is 0.119 e. The number of benzene rings is 1. The van der Waals surface area contributed by atoms with Crippen molar-refractivity contribution in [3.8, 4) is 5.75 Å². The van der Waals surface area contributed by atoms with Crippen molar-refractivity contribution < 1.29 is 4.74 Å². The molecule has 1 saturated carbocycles. The third-order valence-electron chi connectivity index (χ3n) is 4.78. The molecule has 0 saturated heterocycles. The minimum atomic E-state index is 0.551. The van der Waals surface area contributed by atoms with Crippen LogP contribution in [-0.4, -0.2) is 20.2 Å². The molecule has 0 amide bonds. The van der Waals surface area contributed by atoms with Gasteiger partial charge in [-0.3, -0.25) is 0 Å². The maximum atomic E-state index is 5.34. The summed E-state index contributed by atoms with van der Waals surface area (Å²) in [5, 5.41) is 3.49. The molecule has 0 aromatic heterocycles. The van der Waals surface area contributed by atoms with Crippen molar-refractivity contribution >= 4 is 15.9 Å². The van der Waals surface area contributed by atoms with Crippen molar-refractivity contribution in [2.75, 3.05) is 14.2 Å². The molecule has 21 heavy (non-hydrogen) atoms. The fourth-order valence-electron chi connectivity index (χ4n) is 3.36. The molecule has 1 aromatic rings. The van der Waals surface area contributed by atoms with Gasteiger partial charge in [-0.1, -0.05) is 48.0 Å². The zero-order valence-electron chi connectivity index (χ0n) is 13.3. The van der Waals surface area contributed by atoms with Crippen LogP contribution in [0.2, 0.25) is 0 Å². The van der Waals surface area contributed by atoms with E-state index < -0.39 is 0 Å². The monoisotopic (exact) mass is 353 g/mol. The van der Waals surface area contributed by atoms with E-state index >= 15 is 0 Å². The van der Waals surface area contributed by atoms with Crippen molar-refractivity contribution in [3.05, 3.63) is 28.2 Å². The van der Waals surface area contributed by atoms with Crippen LogP contribution in [0.15, 0.2) is 22.7 Å². The molecule has 2 nitrogen and oxygen atoms in total. The predicted molar refractivity (Wildman–Crippen MR) is 93.1 cm³/mol. The Hall–Kier alpha value is -0.540. The van der Waals surface area contributed by atoms with Crippen LogP contribution in [0, 0.1) is 5.92 Å². The molecule has 1 aliphatic rings. The lowest BCUT2D eigenvalue weighted by Crippen LogP contribution is -2.28. The molecular formula is C18H28BrNO. The van der Waals surface area contributed by atoms with Crippen LogP contribution in [0.25, 0.3) is 0 Å². The first-order chi connectivity index (χ1) is 10.2. The first-order valence-corrected chi connectivity index (χ1v) is 9.02. The summed E-state index contributed by atoms with van der Waals surface area (Å²) in [7, 11) is 3.81. The van der Waals surface area contributed by atoms with Gasteiger partial charge >= 0.3 is 0 Å². The zero-order chi connectivity index (χ0) is 15.1. The molecule has 0 aliphatic heterocycles. The highest BCUT2D eigenvalue weighted by Crippen LogP contribution is 2.29. The van der Waals surface area contributed by atoms with Crippen molar-refractivity contribution in [2.45, 2.75) is 57.4 Å². The molecular weight excluding hydrogens is 326 g/mol. The van der Waals surface area contributed by atoms with E-state index in [0.29, 0.717) is 6.04 Å². The topological polar surface area (TPSA) is 21.3 Å². The van der Waals surface area contributed by atoms with Crippen molar-refractivity contribution in [1.29, 1.82) is 0 Å². The van der Waals surface area contributed by atoms with E-state index in [9.17, 15) is 0 Å². The number of rotatable bonds is 7. The second-order valence-electron chi connectivity index (χ2n) is 6.23. The van der Waals surface area contributed by atoms with Gasteiger partial charge in [0, 0.05) is 10.5 Å². The first kappa shape index (κ1) is 16.8. The second kappa shape index (κ2) is 8.79. The summed E-state index contributed by atoms with van der Waals surface area (Å²) in [6.45, 7) is 0. The summed E-state index contributed by atoms with van der Waals surface area (Å²) >= 11 is 3.66. The van der Waals surface area contributed by atoms with Crippen LogP contribution >= 0.6 is 15.9 Å². The number of ether oxygens (including phenoxy) is 1. The fraction of sp³-hybridized carbons (Fsp3) is 0.667. The molecule has 1 unspecified atom stereocenters. The summed E-state index contributed by atoms with van der Waals surface area (Å²) < 4.78 is 6.52. The Bertz CT molecular complexity index is 429. The summed E-state index contributed by atoms with van der Waals surface area (Å²) in [4.78, 5) is 0. The molecule has 0 radical (unpaired) electrons. The maximum absolute atomic E-state index is 5.34. The highest BCUT2D eigenvalue weighted by molar-refractivity contribution is 9.10. The van der Waals surface area contributed by atoms with Gasteiger partial charge in [0.05, 0.1) is 7.11 Å². The molecule has 0 spiro atoms. The third kappa shape index (κ3) is 5.30. The lowest BCUT2D eigenvalue weighted by Gasteiger charge is -2.24. The highest BCUT2D eigenvalue weighted by Gasteiger charge is 2.16. The van der Waals surface area contributed by atoms with Crippen molar-refractivity contribution in [1.82, 2.24) is 5.32 Å². The number of halogens is 1. The van der Waals surface area contributed by atoms with Crippen molar-refractivity contribution in [3.63, 3.8) is 0 Å². The van der Waals surface area contributed by atoms with E-state index in [1.807, 2.05) is 6.07 Å². The minimum Gasteiger partial charge on any atom is -0.497 e. The molecule has 1 aliphatic carbocycles. The Morgan fingerprint density at radius 2 is 2.05 bits per heavy atom. The standard InChI is InChI=1S/C18H28BrNO/c1-20-16(9-8-14-6-4-3-5-7-14)12-15-13-17(21-2)10-11-18(15)19/h10-11,13-14,16,20H,3-9,12H2,1-2H3. The van der Waals surface area contributed by atoms with E-state index in [1.165, 1.54) is 55.0 Å². The normalized spacial score (nSPS) is 17.7. The lowest BCUT2D eigenvalue weighted by molar-refractivity contribution is 0.315. The Morgan fingerprint density at radius 3 is 2.71 bits per heavy atom. The van der Waals surface area contributed by atoms with Gasteiger partial charge < -0.3 is 10.1 Å². The van der Waals surface area contributed by atoms with Crippen LogP contribution in [0.3, 0.4) is 0 Å². The van der Waals surface area contributed by atoms with Gasteiger partial charge in [-0.2, -0.15) is 0 Å². The van der Waals surface area contributed by atoms with Crippen molar-refractivity contribution in [2.24, 2.45) is 5.92 Å². The Labute approximate surface area is 137 Å². The van der Waals surface area contributed by atoms with Crippen LogP contribution < -0.4 is 10.1 Å². The van der Waals surface area contributed by atoms with Gasteiger partial charge in [0.15, 0.2) is 0 Å². The number of hydrogen-bond acceptors (Lipinski definition) is 2. The minimum absolute atomic E-state index is 0.551. The van der Waals surface area contributed by atoms with E-state index in [2.05, 4.69) is 40.4 Å². The zero-order valence-corrected chi connectivity index (χ0v) is 14.9. The third-order valence-corrected chi connectivity index (χ3v) is 5.55. The molecule has 0 heterocycles. The summed E-state index contributed by atoms with van der Waals surface area (Å²) in [6, 6.07) is 6.79. The molecule has 1 fully saturated rings. The first-order valence-electron chi connectivity index (χ1n) is 8.22. The molecule has 1 N–H and O–H groups in total. The largest absolute Gasteiger partial charge is 0.497 e. The van der Waals surface area contributed by atoms with Crippen LogP contribution in [0.4, 0.5) is 0 Å². The summed E-state index contributed by atoms with van der Waals surface area (Å²) in [6.07, 6.45) is 10.9. The average Bonchev–Trinajstić information content (AvgIpc) is 2.54. The van der Waals surface area contributed by atoms with Gasteiger partial charge in [0.25, 0.3) is 0 Å². The van der Waals surface area contributed by atoms with Crippen LogP contribution in [0.5, 0.6) is 5.75 Å². The summed E-state index contributed by atoms with van der Waals surface area (Å²) in [5.41, 5.74) is 1.33. The number of likely N-dealkylation sites (N-methyl/N-ethyl adjacent to an activating group) is 1. The molecule has 1 atom stereocenters. The van der Waals surface area contributed by atoms with Gasteiger partial charge in [0.2, 0.25) is 0 Å². The quantitative estimate of drug-likeness (QED) is 0.748. The highest BCUT2D eigenvalue weighted by atomic mass is 79.9. The molecule has 3 heteroatoms. The Morgan fingerprint density at radius 1 is 1.29 bits per heavy atom. The number of hydrogen-bond donors (Lipinski definition) is 1. The van der Waals surface area contributed by atoms with Gasteiger partial charge in [-0.25, -0.2) is 0 Å². The predicted octanol–water partition coefficient (Wildman–Crippen LogP) is 4.95. The smallest absolute Gasteiger partial charge is 0.119 e. The van der Waals surface area contributed by atoms with E-state index in [-0.39, 0.29) is 0 Å². The lowest BCUT2D eigenvalue weighted by atomic mass is 9.84. The SMILES string of the molecule is CNC(CCC1CCCCC1)Cc1cc(OC)ccc1Br. The number of methoxy groups -OCH3 is 1. The fourth-order valence-corrected chi connectivity index (χ4v) is 3.77. The van der Waals surface area contributed by atoms with E-state index in [4.69, 9.17) is 4.74 Å². The molecule has 1 aromatic carbocycles. The van der Waals surface area contributed by atoms with E-state index in [1.54, 1.807) is 7.11 Å². The van der Waals surface area contributed by atoms with Gasteiger partial charge in [-0.05, 0) is 56.0 Å². The Kier molecular flexibility index (Phi) is 7.05. The van der Waals surface area contributed by atoms with Crippen LogP contribution in [0.1, 0.15) is 50.5 Å². The second-order valence-corrected chi connectivity index (χ2v) is 7.08. The average molecular weight is 354 g/mol. The molecule has 118 valence electrons. The number of nitrogens with one attached hydrogen (secondary N) is 1. The van der Waals surface area contributed by atoms with Gasteiger partial charge in [-0.15, -0.1) is 0 Å². The van der Waals surface area contributed by atoms with Crippen LogP contribution in [-0.2, 0) is 6.42 Å². The Balaban J connectivity index is 1.89.